The number of fused-ring (bicyclic) bond motifs is 1. The van der Waals surface area contributed by atoms with Crippen molar-refractivity contribution in [1.82, 2.24) is 9.99 Å². The Labute approximate surface area is 71.0 Å². The van der Waals surface area contributed by atoms with E-state index in [4.69, 9.17) is 0 Å². The zero-order valence-corrected chi connectivity index (χ0v) is 6.86. The molecule has 0 aromatic carbocycles. The lowest BCUT2D eigenvalue weighted by Gasteiger charge is -2.20. The lowest BCUT2D eigenvalue weighted by molar-refractivity contribution is 0.515. The number of hydrogen-bond donors (Lipinski definition) is 0. The van der Waals surface area contributed by atoms with Crippen LogP contribution in [0.5, 0.6) is 0 Å². The second-order valence-electron chi connectivity index (χ2n) is 2.65. The van der Waals surface area contributed by atoms with Gasteiger partial charge in [0.15, 0.2) is 0 Å². The largest absolute Gasteiger partial charge is 0.268 e. The molecule has 0 N–H and O–H groups in total. The maximum atomic E-state index is 4.17. The number of pyridine rings is 1. The highest BCUT2D eigenvalue weighted by Crippen LogP contribution is 2.21. The topological polar surface area (TPSA) is 28.5 Å². The SMILES string of the molecule is C=C1c2cccnc2C=NN1C. The van der Waals surface area contributed by atoms with E-state index < -0.39 is 0 Å². The van der Waals surface area contributed by atoms with Crippen LogP contribution in [0.2, 0.25) is 0 Å². The minimum absolute atomic E-state index is 0.889. The summed E-state index contributed by atoms with van der Waals surface area (Å²) < 4.78 is 0. The molecule has 1 aliphatic heterocycles. The van der Waals surface area contributed by atoms with E-state index >= 15 is 0 Å². The van der Waals surface area contributed by atoms with E-state index in [9.17, 15) is 0 Å². The number of hydrazone groups is 1. The number of aromatic nitrogens is 1. The Morgan fingerprint density at radius 3 is 3.17 bits per heavy atom. The van der Waals surface area contributed by atoms with Crippen LogP contribution in [0.15, 0.2) is 30.0 Å². The summed E-state index contributed by atoms with van der Waals surface area (Å²) in [6.45, 7) is 3.91. The first kappa shape index (κ1) is 7.03. The van der Waals surface area contributed by atoms with Gasteiger partial charge in [0.05, 0.1) is 17.6 Å². The summed E-state index contributed by atoms with van der Waals surface area (Å²) in [4.78, 5) is 4.17. The molecule has 2 heterocycles. The van der Waals surface area contributed by atoms with Crippen LogP contribution in [0, 0.1) is 0 Å². The van der Waals surface area contributed by atoms with Gasteiger partial charge < -0.3 is 0 Å². The molecule has 3 nitrogen and oxygen atoms in total. The molecule has 0 saturated heterocycles. The van der Waals surface area contributed by atoms with Gasteiger partial charge in [-0.3, -0.25) is 9.99 Å². The van der Waals surface area contributed by atoms with Crippen molar-refractivity contribution in [3.63, 3.8) is 0 Å². The fourth-order valence-corrected chi connectivity index (χ4v) is 1.15. The maximum Gasteiger partial charge on any atom is 0.0923 e. The van der Waals surface area contributed by atoms with Crippen LogP contribution in [0.25, 0.3) is 5.70 Å². The van der Waals surface area contributed by atoms with E-state index in [1.165, 1.54) is 0 Å². The van der Waals surface area contributed by atoms with Gasteiger partial charge in [-0.05, 0) is 12.1 Å². The second-order valence-corrected chi connectivity index (χ2v) is 2.65. The second kappa shape index (κ2) is 2.44. The van der Waals surface area contributed by atoms with E-state index in [1.54, 1.807) is 17.4 Å². The molecular weight excluding hydrogens is 150 g/mol. The molecule has 1 aromatic heterocycles. The van der Waals surface area contributed by atoms with Gasteiger partial charge in [-0.1, -0.05) is 6.58 Å². The van der Waals surface area contributed by atoms with Crippen molar-refractivity contribution in [2.45, 2.75) is 0 Å². The highest BCUT2D eigenvalue weighted by atomic mass is 15.4. The van der Waals surface area contributed by atoms with Gasteiger partial charge in [0, 0.05) is 18.8 Å². The lowest BCUT2D eigenvalue weighted by Crippen LogP contribution is -2.15. The smallest absolute Gasteiger partial charge is 0.0923 e. The van der Waals surface area contributed by atoms with E-state index in [1.807, 2.05) is 19.2 Å². The highest BCUT2D eigenvalue weighted by Gasteiger charge is 2.12. The fraction of sp³-hybridized carbons (Fsp3) is 0.111. The summed E-state index contributed by atoms with van der Waals surface area (Å²) >= 11 is 0. The highest BCUT2D eigenvalue weighted by molar-refractivity contribution is 5.87. The Balaban J connectivity index is 2.59. The quantitative estimate of drug-likeness (QED) is 0.571. The summed E-state index contributed by atoms with van der Waals surface area (Å²) in [5.74, 6) is 0. The van der Waals surface area contributed by atoms with Crippen LogP contribution in [0.1, 0.15) is 11.3 Å². The third-order valence-corrected chi connectivity index (χ3v) is 1.89. The Hall–Kier alpha value is -1.64. The molecule has 0 spiro atoms. The third kappa shape index (κ3) is 0.906. The number of nitrogens with zero attached hydrogens (tertiary/aromatic N) is 3. The van der Waals surface area contributed by atoms with Crippen LogP contribution in [-0.2, 0) is 0 Å². The van der Waals surface area contributed by atoms with Gasteiger partial charge in [0.1, 0.15) is 0 Å². The van der Waals surface area contributed by atoms with Crippen molar-refractivity contribution in [3.05, 3.63) is 36.2 Å². The molecule has 2 rings (SSSR count). The van der Waals surface area contributed by atoms with E-state index in [0.717, 1.165) is 17.0 Å². The summed E-state index contributed by atoms with van der Waals surface area (Å²) in [6, 6.07) is 3.89. The molecule has 1 aliphatic rings. The number of rotatable bonds is 0. The minimum Gasteiger partial charge on any atom is -0.268 e. The average molecular weight is 159 g/mol. The summed E-state index contributed by atoms with van der Waals surface area (Å²) in [5.41, 5.74) is 2.83. The first-order valence-corrected chi connectivity index (χ1v) is 3.71. The molecule has 0 unspecified atom stereocenters. The zero-order valence-electron chi connectivity index (χ0n) is 6.86. The van der Waals surface area contributed by atoms with Crippen molar-refractivity contribution in [2.75, 3.05) is 7.05 Å². The normalized spacial score (nSPS) is 14.8. The van der Waals surface area contributed by atoms with E-state index in [0.29, 0.717) is 0 Å². The molecule has 1 aromatic rings. The number of hydrogen-bond acceptors (Lipinski definition) is 3. The Morgan fingerprint density at radius 2 is 2.33 bits per heavy atom. The van der Waals surface area contributed by atoms with Crippen LogP contribution in [-0.4, -0.2) is 23.3 Å². The Bertz CT molecular complexity index is 355. The van der Waals surface area contributed by atoms with Crippen LogP contribution in [0.3, 0.4) is 0 Å². The van der Waals surface area contributed by atoms with Gasteiger partial charge in [0.2, 0.25) is 0 Å². The molecule has 0 atom stereocenters. The molecule has 0 aliphatic carbocycles. The van der Waals surface area contributed by atoms with Gasteiger partial charge in [-0.25, -0.2) is 0 Å². The fourth-order valence-electron chi connectivity index (χ4n) is 1.15. The van der Waals surface area contributed by atoms with Crippen molar-refractivity contribution >= 4 is 11.9 Å². The molecule has 0 saturated carbocycles. The molecule has 0 radical (unpaired) electrons. The first-order chi connectivity index (χ1) is 5.79. The molecule has 60 valence electrons. The van der Waals surface area contributed by atoms with Gasteiger partial charge in [-0.2, -0.15) is 5.10 Å². The monoisotopic (exact) mass is 159 g/mol. The molecule has 12 heavy (non-hydrogen) atoms. The van der Waals surface area contributed by atoms with Gasteiger partial charge in [0.25, 0.3) is 0 Å². The lowest BCUT2D eigenvalue weighted by atomic mass is 10.1. The van der Waals surface area contributed by atoms with Crippen molar-refractivity contribution in [2.24, 2.45) is 5.10 Å². The maximum absolute atomic E-state index is 4.17. The standard InChI is InChI=1S/C9H9N3/c1-7-8-4-3-5-10-9(8)6-11-12(7)2/h3-6H,1H2,2H3. The van der Waals surface area contributed by atoms with Crippen LogP contribution < -0.4 is 0 Å². The summed E-state index contributed by atoms with van der Waals surface area (Å²) in [6.07, 6.45) is 3.49. The predicted octanol–water partition coefficient (Wildman–Crippen LogP) is 1.33. The summed E-state index contributed by atoms with van der Waals surface area (Å²) in [5, 5.41) is 5.84. The van der Waals surface area contributed by atoms with Gasteiger partial charge in [-0.15, -0.1) is 0 Å². The van der Waals surface area contributed by atoms with E-state index in [-0.39, 0.29) is 0 Å². The van der Waals surface area contributed by atoms with Gasteiger partial charge >= 0.3 is 0 Å². The van der Waals surface area contributed by atoms with Crippen molar-refractivity contribution in [3.8, 4) is 0 Å². The minimum atomic E-state index is 0.889. The van der Waals surface area contributed by atoms with Crippen LogP contribution >= 0.6 is 0 Å². The third-order valence-electron chi connectivity index (χ3n) is 1.89. The Morgan fingerprint density at radius 1 is 1.50 bits per heavy atom. The predicted molar refractivity (Wildman–Crippen MR) is 48.6 cm³/mol. The molecule has 0 amide bonds. The molecule has 0 bridgehead atoms. The van der Waals surface area contributed by atoms with Crippen LogP contribution in [0.4, 0.5) is 0 Å². The zero-order chi connectivity index (χ0) is 8.55. The molecule has 0 fully saturated rings. The van der Waals surface area contributed by atoms with Crippen molar-refractivity contribution in [1.29, 1.82) is 0 Å². The average Bonchev–Trinajstić information content (AvgIpc) is 2.12. The summed E-state index contributed by atoms with van der Waals surface area (Å²) in [7, 11) is 1.87. The van der Waals surface area contributed by atoms with E-state index in [2.05, 4.69) is 16.7 Å². The molecular formula is C9H9N3. The van der Waals surface area contributed by atoms with Crippen molar-refractivity contribution < 1.29 is 0 Å². The first-order valence-electron chi connectivity index (χ1n) is 3.71. The molecule has 3 heteroatoms. The Kier molecular flexibility index (Phi) is 1.43.